The summed E-state index contributed by atoms with van der Waals surface area (Å²) >= 11 is 4.88. The van der Waals surface area contributed by atoms with Crippen LogP contribution in [0.25, 0.3) is 0 Å². The van der Waals surface area contributed by atoms with E-state index in [1.54, 1.807) is 0 Å². The molecule has 0 saturated carbocycles. The Labute approximate surface area is 111 Å². The maximum Gasteiger partial charge on any atom is 0.0727 e. The Morgan fingerprint density at radius 3 is 2.88 bits per heavy atom. The molecule has 4 heteroatoms. The van der Waals surface area contributed by atoms with Gasteiger partial charge in [0.25, 0.3) is 0 Å². The first-order valence-corrected chi connectivity index (χ1v) is 7.25. The second-order valence-electron chi connectivity index (χ2n) is 5.11. The van der Waals surface area contributed by atoms with Gasteiger partial charge in [-0.25, -0.2) is 0 Å². The molecule has 1 aliphatic rings. The standard InChI is InChI=1S/C13H27N3S/c1-3-16-10-6-7-12(16)11-15(2)9-5-4-8-13(14)17/h12H,3-11H2,1-2H3,(H2,14,17). The topological polar surface area (TPSA) is 32.5 Å². The first kappa shape index (κ1) is 14.9. The van der Waals surface area contributed by atoms with E-state index in [-0.39, 0.29) is 0 Å². The lowest BCUT2D eigenvalue weighted by Crippen LogP contribution is -2.39. The molecule has 1 saturated heterocycles. The lowest BCUT2D eigenvalue weighted by atomic mass is 10.2. The molecule has 1 rings (SSSR count). The molecule has 0 aromatic heterocycles. The van der Waals surface area contributed by atoms with Gasteiger partial charge in [0.1, 0.15) is 0 Å². The van der Waals surface area contributed by atoms with Crippen LogP contribution in [-0.4, -0.2) is 54.1 Å². The number of thiocarbonyl (C=S) groups is 1. The molecule has 0 radical (unpaired) electrons. The fourth-order valence-corrected chi connectivity index (χ4v) is 2.79. The van der Waals surface area contributed by atoms with Crippen LogP contribution in [0.3, 0.4) is 0 Å². The number of likely N-dealkylation sites (tertiary alicyclic amines) is 1. The summed E-state index contributed by atoms with van der Waals surface area (Å²) in [6.45, 7) is 7.12. The van der Waals surface area contributed by atoms with Crippen molar-refractivity contribution in [3.05, 3.63) is 0 Å². The van der Waals surface area contributed by atoms with Crippen LogP contribution in [0.5, 0.6) is 0 Å². The molecule has 1 fully saturated rings. The van der Waals surface area contributed by atoms with Gasteiger partial charge in [-0.05, 0) is 58.8 Å². The van der Waals surface area contributed by atoms with Gasteiger partial charge in [-0.2, -0.15) is 0 Å². The van der Waals surface area contributed by atoms with E-state index in [1.807, 2.05) is 0 Å². The monoisotopic (exact) mass is 257 g/mol. The van der Waals surface area contributed by atoms with Crippen molar-refractivity contribution in [3.8, 4) is 0 Å². The van der Waals surface area contributed by atoms with Crippen LogP contribution in [0, 0.1) is 0 Å². The third-order valence-electron chi connectivity index (χ3n) is 3.64. The Morgan fingerprint density at radius 1 is 1.47 bits per heavy atom. The molecular weight excluding hydrogens is 230 g/mol. The number of hydrogen-bond donors (Lipinski definition) is 1. The molecular formula is C13H27N3S. The van der Waals surface area contributed by atoms with Crippen LogP contribution in [0.15, 0.2) is 0 Å². The van der Waals surface area contributed by atoms with E-state index in [2.05, 4.69) is 23.8 Å². The number of hydrogen-bond acceptors (Lipinski definition) is 3. The molecule has 0 aromatic carbocycles. The van der Waals surface area contributed by atoms with E-state index in [4.69, 9.17) is 18.0 Å². The summed E-state index contributed by atoms with van der Waals surface area (Å²) in [5.74, 6) is 0. The molecule has 17 heavy (non-hydrogen) atoms. The van der Waals surface area contributed by atoms with Crippen molar-refractivity contribution in [2.24, 2.45) is 5.73 Å². The van der Waals surface area contributed by atoms with Crippen molar-refractivity contribution < 1.29 is 0 Å². The maximum absolute atomic E-state index is 5.49. The van der Waals surface area contributed by atoms with E-state index < -0.39 is 0 Å². The first-order chi connectivity index (χ1) is 8.13. The maximum atomic E-state index is 5.49. The van der Waals surface area contributed by atoms with Crippen molar-refractivity contribution in [1.82, 2.24) is 9.80 Å². The van der Waals surface area contributed by atoms with Gasteiger partial charge in [-0.1, -0.05) is 19.1 Å². The number of unbranched alkanes of at least 4 members (excludes halogenated alkanes) is 1. The zero-order valence-corrected chi connectivity index (χ0v) is 12.1. The molecule has 1 atom stereocenters. The fourth-order valence-electron chi connectivity index (χ4n) is 2.65. The average Bonchev–Trinajstić information content (AvgIpc) is 2.71. The fraction of sp³-hybridized carbons (Fsp3) is 0.923. The van der Waals surface area contributed by atoms with Gasteiger partial charge in [-0.15, -0.1) is 0 Å². The van der Waals surface area contributed by atoms with Crippen LogP contribution < -0.4 is 5.73 Å². The highest BCUT2D eigenvalue weighted by Gasteiger charge is 2.23. The van der Waals surface area contributed by atoms with Gasteiger partial charge in [0.05, 0.1) is 4.99 Å². The van der Waals surface area contributed by atoms with Gasteiger partial charge >= 0.3 is 0 Å². The van der Waals surface area contributed by atoms with Crippen molar-refractivity contribution in [2.75, 3.05) is 33.2 Å². The lowest BCUT2D eigenvalue weighted by Gasteiger charge is -2.27. The molecule has 0 bridgehead atoms. The third kappa shape index (κ3) is 5.80. The number of nitrogens with two attached hydrogens (primary N) is 1. The van der Waals surface area contributed by atoms with E-state index in [0.29, 0.717) is 4.99 Å². The van der Waals surface area contributed by atoms with E-state index in [1.165, 1.54) is 38.9 Å². The predicted molar refractivity (Wildman–Crippen MR) is 78.4 cm³/mol. The van der Waals surface area contributed by atoms with E-state index >= 15 is 0 Å². The summed E-state index contributed by atoms with van der Waals surface area (Å²) in [4.78, 5) is 5.71. The molecule has 2 N–H and O–H groups in total. The van der Waals surface area contributed by atoms with Crippen molar-refractivity contribution in [3.63, 3.8) is 0 Å². The van der Waals surface area contributed by atoms with Gasteiger partial charge in [0.15, 0.2) is 0 Å². The quantitative estimate of drug-likeness (QED) is 0.531. The van der Waals surface area contributed by atoms with Gasteiger partial charge in [0.2, 0.25) is 0 Å². The second kappa shape index (κ2) is 8.01. The predicted octanol–water partition coefficient (Wildman–Crippen LogP) is 1.86. The summed E-state index contributed by atoms with van der Waals surface area (Å²) < 4.78 is 0. The smallest absolute Gasteiger partial charge is 0.0727 e. The molecule has 1 unspecified atom stereocenters. The Hall–Kier alpha value is -0.190. The molecule has 0 aromatic rings. The molecule has 0 amide bonds. The number of rotatable bonds is 8. The zero-order valence-electron chi connectivity index (χ0n) is 11.3. The summed E-state index contributed by atoms with van der Waals surface area (Å²) in [6, 6.07) is 0.778. The number of nitrogens with zero attached hydrogens (tertiary/aromatic N) is 2. The summed E-state index contributed by atoms with van der Waals surface area (Å²) in [6.07, 6.45) is 5.96. The Balaban J connectivity index is 2.11. The Morgan fingerprint density at radius 2 is 2.24 bits per heavy atom. The van der Waals surface area contributed by atoms with Gasteiger partial charge in [-0.3, -0.25) is 4.90 Å². The average molecular weight is 257 g/mol. The van der Waals surface area contributed by atoms with Crippen molar-refractivity contribution >= 4 is 17.2 Å². The minimum absolute atomic E-state index is 0.653. The summed E-state index contributed by atoms with van der Waals surface area (Å²) in [5.41, 5.74) is 5.49. The van der Waals surface area contributed by atoms with Crippen molar-refractivity contribution in [2.45, 2.75) is 45.1 Å². The van der Waals surface area contributed by atoms with Crippen LogP contribution in [0.1, 0.15) is 39.0 Å². The SMILES string of the molecule is CCN1CCCC1CN(C)CCCCC(N)=S. The summed E-state index contributed by atoms with van der Waals surface area (Å²) in [5, 5.41) is 0. The summed E-state index contributed by atoms with van der Waals surface area (Å²) in [7, 11) is 2.23. The van der Waals surface area contributed by atoms with Gasteiger partial charge in [0, 0.05) is 12.6 Å². The number of likely N-dealkylation sites (N-methyl/N-ethyl adjacent to an activating group) is 2. The van der Waals surface area contributed by atoms with Crippen molar-refractivity contribution in [1.29, 1.82) is 0 Å². The minimum Gasteiger partial charge on any atom is -0.393 e. The molecule has 1 aliphatic heterocycles. The van der Waals surface area contributed by atoms with E-state index in [9.17, 15) is 0 Å². The second-order valence-corrected chi connectivity index (χ2v) is 5.63. The highest BCUT2D eigenvalue weighted by atomic mass is 32.1. The first-order valence-electron chi connectivity index (χ1n) is 6.84. The molecule has 0 aliphatic carbocycles. The third-order valence-corrected chi connectivity index (χ3v) is 3.84. The molecule has 3 nitrogen and oxygen atoms in total. The largest absolute Gasteiger partial charge is 0.393 e. The van der Waals surface area contributed by atoms with Crippen LogP contribution in [0.2, 0.25) is 0 Å². The van der Waals surface area contributed by atoms with Crippen LogP contribution >= 0.6 is 12.2 Å². The van der Waals surface area contributed by atoms with Crippen LogP contribution in [-0.2, 0) is 0 Å². The Bertz CT molecular complexity index is 233. The molecule has 1 heterocycles. The molecule has 0 spiro atoms. The highest BCUT2D eigenvalue weighted by Crippen LogP contribution is 2.17. The highest BCUT2D eigenvalue weighted by molar-refractivity contribution is 7.80. The Kier molecular flexibility index (Phi) is 7.00. The molecule has 100 valence electrons. The minimum atomic E-state index is 0.653. The normalized spacial score (nSPS) is 21.2. The van der Waals surface area contributed by atoms with Crippen LogP contribution in [0.4, 0.5) is 0 Å². The van der Waals surface area contributed by atoms with Gasteiger partial charge < -0.3 is 10.6 Å². The zero-order chi connectivity index (χ0) is 12.7. The van der Waals surface area contributed by atoms with E-state index in [0.717, 1.165) is 25.4 Å². The lowest BCUT2D eigenvalue weighted by molar-refractivity contribution is 0.197.